The lowest BCUT2D eigenvalue weighted by atomic mass is 9.90. The van der Waals surface area contributed by atoms with Crippen LogP contribution in [0.4, 0.5) is 0 Å². The van der Waals surface area contributed by atoms with Crippen LogP contribution in [0.5, 0.6) is 0 Å². The number of rotatable bonds is 6. The second kappa shape index (κ2) is 6.18. The van der Waals surface area contributed by atoms with Gasteiger partial charge in [0.15, 0.2) is 0 Å². The Morgan fingerprint density at radius 1 is 1.29 bits per heavy atom. The van der Waals surface area contributed by atoms with Crippen LogP contribution >= 0.6 is 0 Å². The molecule has 0 fully saturated rings. The van der Waals surface area contributed by atoms with Crippen molar-refractivity contribution in [1.29, 1.82) is 0 Å². The number of likely N-dealkylation sites (N-methyl/N-ethyl adjacent to an activating group) is 1. The standard InChI is InChI=1S/C15H25NO/c1-6-12-9-8-10-13(11-12)14(16-5)15(3,4)17-7-2/h8-11,14,16H,6-7H2,1-5H3. The zero-order valence-electron chi connectivity index (χ0n) is 11.7. The van der Waals surface area contributed by atoms with Gasteiger partial charge in [-0.2, -0.15) is 0 Å². The van der Waals surface area contributed by atoms with Gasteiger partial charge in [0.25, 0.3) is 0 Å². The monoisotopic (exact) mass is 235 g/mol. The van der Waals surface area contributed by atoms with E-state index >= 15 is 0 Å². The van der Waals surface area contributed by atoms with E-state index in [-0.39, 0.29) is 11.6 Å². The quantitative estimate of drug-likeness (QED) is 0.816. The van der Waals surface area contributed by atoms with Crippen LogP contribution in [0.15, 0.2) is 24.3 Å². The largest absolute Gasteiger partial charge is 0.374 e. The highest BCUT2D eigenvalue weighted by atomic mass is 16.5. The predicted molar refractivity (Wildman–Crippen MR) is 73.3 cm³/mol. The Morgan fingerprint density at radius 3 is 2.53 bits per heavy atom. The van der Waals surface area contributed by atoms with Crippen molar-refractivity contribution < 1.29 is 4.74 Å². The minimum absolute atomic E-state index is 0.199. The second-order valence-corrected chi connectivity index (χ2v) is 4.86. The fourth-order valence-electron chi connectivity index (χ4n) is 2.36. The van der Waals surface area contributed by atoms with Crippen LogP contribution < -0.4 is 5.32 Å². The van der Waals surface area contributed by atoms with Gasteiger partial charge in [-0.05, 0) is 45.4 Å². The summed E-state index contributed by atoms with van der Waals surface area (Å²) in [5.74, 6) is 0. The van der Waals surface area contributed by atoms with E-state index in [1.807, 2.05) is 14.0 Å². The van der Waals surface area contributed by atoms with Gasteiger partial charge in [0, 0.05) is 6.61 Å². The molecule has 0 saturated heterocycles. The van der Waals surface area contributed by atoms with Gasteiger partial charge in [-0.25, -0.2) is 0 Å². The maximum absolute atomic E-state index is 5.85. The van der Waals surface area contributed by atoms with Crippen LogP contribution in [0, 0.1) is 0 Å². The number of nitrogens with one attached hydrogen (secondary N) is 1. The van der Waals surface area contributed by atoms with Crippen molar-refractivity contribution in [2.45, 2.75) is 45.8 Å². The van der Waals surface area contributed by atoms with E-state index in [2.05, 4.69) is 50.4 Å². The molecule has 0 spiro atoms. The third kappa shape index (κ3) is 3.55. The number of aryl methyl sites for hydroxylation is 1. The average Bonchev–Trinajstić information content (AvgIpc) is 2.29. The molecule has 1 aromatic rings. The summed E-state index contributed by atoms with van der Waals surface area (Å²) < 4.78 is 5.85. The zero-order chi connectivity index (χ0) is 12.9. The van der Waals surface area contributed by atoms with Crippen molar-refractivity contribution in [2.75, 3.05) is 13.7 Å². The summed E-state index contributed by atoms with van der Waals surface area (Å²) >= 11 is 0. The number of hydrogen-bond acceptors (Lipinski definition) is 2. The summed E-state index contributed by atoms with van der Waals surface area (Å²) in [6.45, 7) is 9.23. The molecule has 0 amide bonds. The minimum atomic E-state index is -0.199. The molecule has 0 aliphatic rings. The first kappa shape index (κ1) is 14.2. The molecule has 96 valence electrons. The number of benzene rings is 1. The molecule has 2 nitrogen and oxygen atoms in total. The summed E-state index contributed by atoms with van der Waals surface area (Å²) in [4.78, 5) is 0. The molecule has 1 atom stereocenters. The highest BCUT2D eigenvalue weighted by Crippen LogP contribution is 2.29. The Labute approximate surface area is 105 Å². The van der Waals surface area contributed by atoms with E-state index in [1.165, 1.54) is 11.1 Å². The van der Waals surface area contributed by atoms with E-state index in [1.54, 1.807) is 0 Å². The van der Waals surface area contributed by atoms with Crippen LogP contribution in [-0.4, -0.2) is 19.3 Å². The average molecular weight is 235 g/mol. The second-order valence-electron chi connectivity index (χ2n) is 4.86. The highest BCUT2D eigenvalue weighted by molar-refractivity contribution is 5.27. The third-order valence-electron chi connectivity index (χ3n) is 3.19. The van der Waals surface area contributed by atoms with Crippen LogP contribution in [0.1, 0.15) is 44.9 Å². The number of hydrogen-bond donors (Lipinski definition) is 1. The van der Waals surface area contributed by atoms with Gasteiger partial charge in [-0.3, -0.25) is 0 Å². The van der Waals surface area contributed by atoms with Crippen LogP contribution in [0.25, 0.3) is 0 Å². The van der Waals surface area contributed by atoms with E-state index in [9.17, 15) is 0 Å². The summed E-state index contributed by atoms with van der Waals surface area (Å²) in [5.41, 5.74) is 2.47. The highest BCUT2D eigenvalue weighted by Gasteiger charge is 2.30. The summed E-state index contributed by atoms with van der Waals surface area (Å²) in [6, 6.07) is 8.95. The Bertz CT molecular complexity index is 347. The Balaban J connectivity index is 3.00. The Morgan fingerprint density at radius 2 is 2.00 bits per heavy atom. The maximum Gasteiger partial charge on any atom is 0.0820 e. The molecule has 1 N–H and O–H groups in total. The fourth-order valence-corrected chi connectivity index (χ4v) is 2.36. The Kier molecular flexibility index (Phi) is 5.16. The van der Waals surface area contributed by atoms with Crippen molar-refractivity contribution >= 4 is 0 Å². The van der Waals surface area contributed by atoms with Gasteiger partial charge < -0.3 is 10.1 Å². The van der Waals surface area contributed by atoms with Crippen molar-refractivity contribution in [3.63, 3.8) is 0 Å². The van der Waals surface area contributed by atoms with E-state index in [4.69, 9.17) is 4.74 Å². The molecule has 1 unspecified atom stereocenters. The molecule has 0 heterocycles. The van der Waals surface area contributed by atoms with Crippen molar-refractivity contribution in [3.8, 4) is 0 Å². The summed E-state index contributed by atoms with van der Waals surface area (Å²) in [5, 5.41) is 3.37. The first-order chi connectivity index (χ1) is 8.05. The molecular weight excluding hydrogens is 210 g/mol. The molecule has 0 radical (unpaired) electrons. The molecule has 1 aromatic carbocycles. The van der Waals surface area contributed by atoms with Gasteiger partial charge in [-0.15, -0.1) is 0 Å². The van der Waals surface area contributed by atoms with Crippen LogP contribution in [0.3, 0.4) is 0 Å². The molecule has 2 heteroatoms. The Hall–Kier alpha value is -0.860. The first-order valence-corrected chi connectivity index (χ1v) is 6.45. The first-order valence-electron chi connectivity index (χ1n) is 6.45. The normalized spacial score (nSPS) is 13.7. The molecule has 0 bridgehead atoms. The molecule has 1 rings (SSSR count). The minimum Gasteiger partial charge on any atom is -0.374 e. The van der Waals surface area contributed by atoms with Crippen molar-refractivity contribution in [1.82, 2.24) is 5.32 Å². The van der Waals surface area contributed by atoms with Gasteiger partial charge in [0.2, 0.25) is 0 Å². The van der Waals surface area contributed by atoms with Gasteiger partial charge in [-0.1, -0.05) is 31.2 Å². The summed E-state index contributed by atoms with van der Waals surface area (Å²) in [7, 11) is 1.99. The van der Waals surface area contributed by atoms with E-state index in [0.717, 1.165) is 13.0 Å². The molecule has 17 heavy (non-hydrogen) atoms. The molecule has 0 aromatic heterocycles. The van der Waals surface area contributed by atoms with Crippen LogP contribution in [0.2, 0.25) is 0 Å². The molecule has 0 saturated carbocycles. The lowest BCUT2D eigenvalue weighted by Crippen LogP contribution is -2.40. The smallest absolute Gasteiger partial charge is 0.0820 e. The topological polar surface area (TPSA) is 21.3 Å². The lowest BCUT2D eigenvalue weighted by molar-refractivity contribution is -0.0374. The van der Waals surface area contributed by atoms with E-state index in [0.29, 0.717) is 0 Å². The number of ether oxygens (including phenoxy) is 1. The molecule has 0 aliphatic heterocycles. The zero-order valence-corrected chi connectivity index (χ0v) is 11.7. The van der Waals surface area contributed by atoms with Crippen LogP contribution in [-0.2, 0) is 11.2 Å². The maximum atomic E-state index is 5.85. The van der Waals surface area contributed by atoms with Crippen molar-refractivity contribution in [3.05, 3.63) is 35.4 Å². The predicted octanol–water partition coefficient (Wildman–Crippen LogP) is 3.32. The third-order valence-corrected chi connectivity index (χ3v) is 3.19. The van der Waals surface area contributed by atoms with E-state index < -0.39 is 0 Å². The van der Waals surface area contributed by atoms with Gasteiger partial charge in [0.1, 0.15) is 0 Å². The SMILES string of the molecule is CCOC(C)(C)C(NC)c1cccc(CC)c1. The lowest BCUT2D eigenvalue weighted by Gasteiger charge is -2.34. The van der Waals surface area contributed by atoms with Gasteiger partial charge >= 0.3 is 0 Å². The molecule has 0 aliphatic carbocycles. The summed E-state index contributed by atoms with van der Waals surface area (Å²) in [6.07, 6.45) is 1.07. The fraction of sp³-hybridized carbons (Fsp3) is 0.600. The molecular formula is C15H25NO. The van der Waals surface area contributed by atoms with Crippen molar-refractivity contribution in [2.24, 2.45) is 0 Å². The van der Waals surface area contributed by atoms with Gasteiger partial charge in [0.05, 0.1) is 11.6 Å².